The average molecular weight is 1590 g/mol. The monoisotopic (exact) mass is 1580 g/mol. The fourth-order valence-electron chi connectivity index (χ4n) is 0. The quantitative estimate of drug-likeness (QED) is 0.108. The molecular weight excluding hydrogens is 1580 g/mol. The maximum absolute atomic E-state index is 7.24. The summed E-state index contributed by atoms with van der Waals surface area (Å²) in [4.78, 5) is 0. The fraction of sp³-hybridized carbons (Fsp3) is 0. The van der Waals surface area contributed by atoms with Crippen LogP contribution in [0.1, 0.15) is 0 Å². The van der Waals surface area contributed by atoms with Crippen molar-refractivity contribution in [2.75, 3.05) is 0 Å². The minimum absolute atomic E-state index is 0. The Labute approximate surface area is 231 Å². The van der Waals surface area contributed by atoms with Crippen molar-refractivity contribution in [3.63, 3.8) is 0 Å². The Morgan fingerprint density at radius 2 is 0.208 bits per heavy atom. The first-order valence-electron chi connectivity index (χ1n) is 1.70. The maximum atomic E-state index is 7.24. The van der Waals surface area contributed by atoms with Gasteiger partial charge in [0.1, 0.15) is 0 Å². The molecule has 0 aromatic rings. The number of hydrogen-bond acceptors (Lipinski definition) is 12. The fourth-order valence-corrected chi connectivity index (χ4v) is 0. The molecular formula is H12Cl6O12Pt6-6. The van der Waals surface area contributed by atoms with Crippen molar-refractivity contribution < 1.29 is 235 Å². The van der Waals surface area contributed by atoms with E-state index in [4.69, 9.17) is 45.1 Å². The van der Waals surface area contributed by atoms with Gasteiger partial charge in [-0.15, -0.1) is 0 Å². The summed E-state index contributed by atoms with van der Waals surface area (Å²) in [5.41, 5.74) is 0. The average Bonchev–Trinajstić information content (AvgIpc) is 2.23. The predicted molar refractivity (Wildman–Crippen MR) is 26.6 cm³/mol. The van der Waals surface area contributed by atoms with E-state index in [0.29, 0.717) is 0 Å². The summed E-state index contributed by atoms with van der Waals surface area (Å²) in [5, 5.41) is 0. The molecule has 12 nitrogen and oxygen atoms in total. The number of hydrogen-bond donors (Lipinski definition) is 12. The van der Waals surface area contributed by atoms with Crippen molar-refractivity contribution in [2.24, 2.45) is 0 Å². The number of halogens is 6. The van der Waals surface area contributed by atoms with Gasteiger partial charge in [0.2, 0.25) is 0 Å². The zero-order valence-corrected chi connectivity index (χ0v) is 27.7. The summed E-state index contributed by atoms with van der Waals surface area (Å²) in [5.74, 6) is 0. The summed E-state index contributed by atoms with van der Waals surface area (Å²) >= 11 is -8.50. The van der Waals surface area contributed by atoms with Crippen molar-refractivity contribution in [3.8, 4) is 0 Å². The first kappa shape index (κ1) is 78.3. The van der Waals surface area contributed by atoms with Crippen LogP contribution in [0.2, 0.25) is 0 Å². The molecule has 0 unspecified atom stereocenters. The molecule has 12 N–H and O–H groups in total. The molecule has 192 valence electrons. The third-order valence-corrected chi connectivity index (χ3v) is 0. The molecule has 0 aromatic heterocycles. The Balaban J connectivity index is -0.00000000686. The zero-order chi connectivity index (χ0) is 16.2. The van der Waals surface area contributed by atoms with Gasteiger partial charge in [-0.25, -0.2) is 0 Å². The van der Waals surface area contributed by atoms with Gasteiger partial charge in [0.15, 0.2) is 0 Å². The molecule has 24 heavy (non-hydrogen) atoms. The van der Waals surface area contributed by atoms with Gasteiger partial charge in [0.05, 0.1) is 0 Å². The molecule has 0 atom stereocenters. The molecule has 0 aliphatic carbocycles. The number of rotatable bonds is 0. The van der Waals surface area contributed by atoms with Crippen molar-refractivity contribution in [1.29, 1.82) is 0 Å². The topological polar surface area (TPSA) is 243 Å². The van der Waals surface area contributed by atoms with E-state index in [0.717, 1.165) is 0 Å². The summed E-state index contributed by atoms with van der Waals surface area (Å²) in [6.07, 6.45) is 0. The van der Waals surface area contributed by atoms with Gasteiger partial charge < -0.3 is 74.4 Å². The molecule has 0 spiro atoms. The minimum atomic E-state index is -1.42. The standard InChI is InChI=1S/6ClH.12H2O.6Pt/h6*1H;12*1H2;;;;;;/q;;;;;;;;;;;;;;;;;;6*+2/p-18. The van der Waals surface area contributed by atoms with Gasteiger partial charge in [0.25, 0.3) is 0 Å². The summed E-state index contributed by atoms with van der Waals surface area (Å²) in [7, 11) is 0. The van der Waals surface area contributed by atoms with Gasteiger partial charge in [-0.3, -0.25) is 0 Å². The van der Waals surface area contributed by atoms with Crippen molar-refractivity contribution in [3.05, 3.63) is 0 Å². The normalized spacial score (nSPS) is 5.50. The second-order valence-corrected chi connectivity index (χ2v) is 3.11. The van der Waals surface area contributed by atoms with Crippen molar-refractivity contribution in [2.45, 2.75) is 0 Å². The SMILES string of the molecule is [Cl-].[Cl-].[Cl-].[Cl-].[Cl-].[Cl-].[OH][Pt][OH].[OH][Pt][OH].[OH][Pt][OH].[OH][Pt][OH].[OH][Pt][OH].[OH][Pt][OH]. The molecule has 0 saturated heterocycles. The van der Waals surface area contributed by atoms with Crippen LogP contribution in [0.4, 0.5) is 0 Å². The second-order valence-electron chi connectivity index (χ2n) is 0.379. The van der Waals surface area contributed by atoms with E-state index in [1.54, 1.807) is 0 Å². The Morgan fingerprint density at radius 3 is 0.208 bits per heavy atom. The van der Waals surface area contributed by atoms with Gasteiger partial charge in [-0.1, -0.05) is 0 Å². The van der Waals surface area contributed by atoms with Crippen LogP contribution >= 0.6 is 0 Å². The van der Waals surface area contributed by atoms with E-state index in [2.05, 4.69) is 0 Å². The molecule has 0 aromatic carbocycles. The van der Waals surface area contributed by atoms with Crippen LogP contribution in [0.15, 0.2) is 0 Å². The molecule has 0 amide bonds. The molecule has 0 aliphatic rings. The summed E-state index contributed by atoms with van der Waals surface area (Å²) < 4.78 is 86.8. The Morgan fingerprint density at radius 1 is 0.208 bits per heavy atom. The first-order chi connectivity index (χ1) is 8.49. The van der Waals surface area contributed by atoms with E-state index in [1.807, 2.05) is 0 Å². The second kappa shape index (κ2) is 164. The van der Waals surface area contributed by atoms with E-state index < -0.39 is 116 Å². The van der Waals surface area contributed by atoms with Crippen LogP contribution in [-0.4, -0.2) is 45.1 Å². The van der Waals surface area contributed by atoms with Gasteiger partial charge in [-0.2, -0.15) is 0 Å². The Kier molecular flexibility index (Phi) is 536. The zero-order valence-electron chi connectivity index (χ0n) is 9.53. The van der Waals surface area contributed by atoms with Gasteiger partial charge in [-0.05, 0) is 0 Å². The van der Waals surface area contributed by atoms with E-state index in [1.165, 1.54) is 0 Å². The van der Waals surface area contributed by atoms with Crippen LogP contribution in [0.5, 0.6) is 0 Å². The summed E-state index contributed by atoms with van der Waals surface area (Å²) in [6.45, 7) is 0. The molecule has 0 aliphatic heterocycles. The molecule has 24 heteroatoms. The molecule has 0 rings (SSSR count). The van der Waals surface area contributed by atoms with Gasteiger partial charge in [0, 0.05) is 0 Å². The molecule has 0 bridgehead atoms. The van der Waals surface area contributed by atoms with Crippen LogP contribution in [-0.2, 0) is 116 Å². The van der Waals surface area contributed by atoms with E-state index >= 15 is 0 Å². The summed E-state index contributed by atoms with van der Waals surface area (Å²) in [6, 6.07) is 0. The van der Waals surface area contributed by atoms with E-state index in [9.17, 15) is 0 Å². The molecule has 0 radical (unpaired) electrons. The van der Waals surface area contributed by atoms with Crippen LogP contribution < -0.4 is 74.4 Å². The third kappa shape index (κ3) is 657. The predicted octanol–water partition coefficient (Wildman–Crippen LogP) is -24.7. The molecule has 0 fully saturated rings. The van der Waals surface area contributed by atoms with E-state index in [-0.39, 0.29) is 74.4 Å². The third-order valence-electron chi connectivity index (χ3n) is 0. The van der Waals surface area contributed by atoms with Crippen LogP contribution in [0.3, 0.4) is 0 Å². The van der Waals surface area contributed by atoms with Crippen molar-refractivity contribution >= 4 is 0 Å². The van der Waals surface area contributed by atoms with Crippen LogP contribution in [0, 0.1) is 0 Å². The Bertz CT molecular complexity index is 51.5. The van der Waals surface area contributed by atoms with Crippen LogP contribution in [0.25, 0.3) is 0 Å². The van der Waals surface area contributed by atoms with Gasteiger partial charge >= 0.3 is 161 Å². The Hall–Kier alpha value is 5.39. The molecule has 0 saturated carbocycles. The first-order valence-corrected chi connectivity index (χ1v) is 13.9. The van der Waals surface area contributed by atoms with Crippen molar-refractivity contribution in [1.82, 2.24) is 0 Å². The molecule has 0 heterocycles.